The van der Waals surface area contributed by atoms with E-state index >= 15 is 0 Å². The number of nitrogens with one attached hydrogen (secondary N) is 1. The molecule has 0 spiro atoms. The summed E-state index contributed by atoms with van der Waals surface area (Å²) in [4.78, 5) is 2.72. The lowest BCUT2D eigenvalue weighted by Gasteiger charge is -2.01. The van der Waals surface area contributed by atoms with Crippen molar-refractivity contribution in [2.24, 2.45) is 0 Å². The maximum Gasteiger partial charge on any atom is 0.0357 e. The molecule has 0 saturated heterocycles. The largest absolute Gasteiger partial charge is 0.312 e. The molecule has 0 bridgehead atoms. The lowest BCUT2D eigenvalue weighted by Crippen LogP contribution is -2.12. The first kappa shape index (κ1) is 12.8. The van der Waals surface area contributed by atoms with Gasteiger partial charge in [0.1, 0.15) is 0 Å². The predicted octanol–water partition coefficient (Wildman–Crippen LogP) is 4.68. The first-order valence-corrected chi connectivity index (χ1v) is 7.46. The third-order valence-electron chi connectivity index (χ3n) is 2.53. The number of rotatable bonds is 5. The van der Waals surface area contributed by atoms with Crippen molar-refractivity contribution in [3.63, 3.8) is 0 Å². The summed E-state index contributed by atoms with van der Waals surface area (Å²) in [6, 6.07) is 12.8. The van der Waals surface area contributed by atoms with Crippen LogP contribution in [0.4, 0.5) is 0 Å². The van der Waals surface area contributed by atoms with E-state index in [1.165, 1.54) is 21.7 Å². The molecule has 1 heterocycles. The fourth-order valence-corrected chi connectivity index (χ4v) is 3.31. The van der Waals surface area contributed by atoms with Crippen molar-refractivity contribution in [1.82, 2.24) is 5.32 Å². The van der Waals surface area contributed by atoms with Gasteiger partial charge in [-0.1, -0.05) is 41.1 Å². The zero-order chi connectivity index (χ0) is 12.1. The SMILES string of the molecule is CCCNCc1ccc(-c2ccccc2Br)s1. The predicted molar refractivity (Wildman–Crippen MR) is 79.5 cm³/mol. The molecule has 0 amide bonds. The zero-order valence-corrected chi connectivity index (χ0v) is 12.3. The minimum atomic E-state index is 0.975. The summed E-state index contributed by atoms with van der Waals surface area (Å²) in [7, 11) is 0. The average molecular weight is 310 g/mol. The minimum Gasteiger partial charge on any atom is -0.312 e. The van der Waals surface area contributed by atoms with Gasteiger partial charge in [-0.25, -0.2) is 0 Å². The van der Waals surface area contributed by atoms with E-state index in [1.54, 1.807) is 0 Å². The van der Waals surface area contributed by atoms with Crippen LogP contribution < -0.4 is 5.32 Å². The van der Waals surface area contributed by atoms with E-state index in [2.05, 4.69) is 58.5 Å². The summed E-state index contributed by atoms with van der Waals surface area (Å²) in [6.45, 7) is 4.25. The van der Waals surface area contributed by atoms with Gasteiger partial charge in [0.05, 0.1) is 0 Å². The first-order valence-electron chi connectivity index (χ1n) is 5.85. The van der Waals surface area contributed by atoms with Gasteiger partial charge in [-0.05, 0) is 31.2 Å². The van der Waals surface area contributed by atoms with Crippen molar-refractivity contribution in [2.45, 2.75) is 19.9 Å². The monoisotopic (exact) mass is 309 g/mol. The smallest absolute Gasteiger partial charge is 0.0357 e. The van der Waals surface area contributed by atoms with E-state index in [0.29, 0.717) is 0 Å². The summed E-state index contributed by atoms with van der Waals surface area (Å²) < 4.78 is 1.16. The van der Waals surface area contributed by atoms with Crippen LogP contribution in [0.15, 0.2) is 40.9 Å². The Bertz CT molecular complexity index is 479. The Morgan fingerprint density at radius 1 is 1.18 bits per heavy atom. The van der Waals surface area contributed by atoms with Crippen LogP contribution >= 0.6 is 27.3 Å². The maximum absolute atomic E-state index is 3.60. The third kappa shape index (κ3) is 3.41. The van der Waals surface area contributed by atoms with Crippen LogP contribution in [0.2, 0.25) is 0 Å². The molecule has 0 fully saturated rings. The average Bonchev–Trinajstić information content (AvgIpc) is 2.79. The van der Waals surface area contributed by atoms with Gasteiger partial charge in [0.25, 0.3) is 0 Å². The Hall–Kier alpha value is -0.640. The summed E-state index contributed by atoms with van der Waals surface area (Å²) in [5.41, 5.74) is 1.28. The fraction of sp³-hybridized carbons (Fsp3) is 0.286. The highest BCUT2D eigenvalue weighted by molar-refractivity contribution is 9.10. The van der Waals surface area contributed by atoms with Crippen molar-refractivity contribution in [2.75, 3.05) is 6.54 Å². The Morgan fingerprint density at radius 2 is 2.00 bits per heavy atom. The van der Waals surface area contributed by atoms with Crippen LogP contribution in [0, 0.1) is 0 Å². The van der Waals surface area contributed by atoms with Gasteiger partial charge >= 0.3 is 0 Å². The van der Waals surface area contributed by atoms with Crippen molar-refractivity contribution in [1.29, 1.82) is 0 Å². The van der Waals surface area contributed by atoms with Gasteiger partial charge in [-0.15, -0.1) is 11.3 Å². The van der Waals surface area contributed by atoms with Crippen molar-refractivity contribution in [3.8, 4) is 10.4 Å². The van der Waals surface area contributed by atoms with Crippen molar-refractivity contribution >= 4 is 27.3 Å². The third-order valence-corrected chi connectivity index (χ3v) is 4.34. The van der Waals surface area contributed by atoms with Crippen molar-refractivity contribution in [3.05, 3.63) is 45.7 Å². The number of hydrogen-bond acceptors (Lipinski definition) is 2. The molecule has 0 saturated carbocycles. The van der Waals surface area contributed by atoms with E-state index < -0.39 is 0 Å². The highest BCUT2D eigenvalue weighted by Gasteiger charge is 2.05. The Balaban J connectivity index is 2.10. The Morgan fingerprint density at radius 3 is 2.76 bits per heavy atom. The second kappa shape index (κ2) is 6.34. The number of benzene rings is 1. The lowest BCUT2D eigenvalue weighted by atomic mass is 10.2. The molecule has 1 N–H and O–H groups in total. The van der Waals surface area contributed by atoms with Crippen LogP contribution in [-0.2, 0) is 6.54 Å². The minimum absolute atomic E-state index is 0.975. The maximum atomic E-state index is 3.60. The summed E-state index contributed by atoms with van der Waals surface area (Å²) >= 11 is 5.46. The quantitative estimate of drug-likeness (QED) is 0.791. The second-order valence-electron chi connectivity index (χ2n) is 3.92. The molecule has 90 valence electrons. The van der Waals surface area contributed by atoms with E-state index in [9.17, 15) is 0 Å². The molecule has 17 heavy (non-hydrogen) atoms. The van der Waals surface area contributed by atoms with Gasteiger partial charge in [0, 0.05) is 26.3 Å². The molecule has 3 heteroatoms. The normalized spacial score (nSPS) is 10.7. The molecular formula is C14H16BrNS. The molecule has 0 aliphatic rings. The molecule has 0 radical (unpaired) electrons. The number of thiophene rings is 1. The van der Waals surface area contributed by atoms with E-state index in [1.807, 2.05) is 17.4 Å². The van der Waals surface area contributed by atoms with E-state index in [0.717, 1.165) is 17.6 Å². The standard InChI is InChI=1S/C14H16BrNS/c1-2-9-16-10-11-7-8-14(17-11)12-5-3-4-6-13(12)15/h3-8,16H,2,9-10H2,1H3. The lowest BCUT2D eigenvalue weighted by molar-refractivity contribution is 0.681. The molecule has 2 aromatic rings. The van der Waals surface area contributed by atoms with Crippen LogP contribution in [0.1, 0.15) is 18.2 Å². The molecule has 0 aliphatic heterocycles. The van der Waals surface area contributed by atoms with E-state index in [4.69, 9.17) is 0 Å². The van der Waals surface area contributed by atoms with E-state index in [-0.39, 0.29) is 0 Å². The summed E-state index contributed by atoms with van der Waals surface area (Å²) in [6.07, 6.45) is 1.18. The zero-order valence-electron chi connectivity index (χ0n) is 9.87. The molecule has 0 aliphatic carbocycles. The van der Waals surface area contributed by atoms with Crippen LogP contribution in [-0.4, -0.2) is 6.54 Å². The molecule has 2 rings (SSSR count). The molecular weight excluding hydrogens is 294 g/mol. The van der Waals surface area contributed by atoms with Gasteiger partial charge < -0.3 is 5.32 Å². The van der Waals surface area contributed by atoms with Gasteiger partial charge in [-0.3, -0.25) is 0 Å². The summed E-state index contributed by atoms with van der Waals surface area (Å²) in [5, 5.41) is 3.43. The second-order valence-corrected chi connectivity index (χ2v) is 5.95. The summed E-state index contributed by atoms with van der Waals surface area (Å²) in [5.74, 6) is 0. The molecule has 0 atom stereocenters. The van der Waals surface area contributed by atoms with Gasteiger partial charge in [0.2, 0.25) is 0 Å². The number of hydrogen-bond donors (Lipinski definition) is 1. The Labute approximate surface area is 115 Å². The fourth-order valence-electron chi connectivity index (χ4n) is 1.67. The highest BCUT2D eigenvalue weighted by atomic mass is 79.9. The molecule has 0 unspecified atom stereocenters. The van der Waals surface area contributed by atoms with Crippen LogP contribution in [0.3, 0.4) is 0 Å². The Kier molecular flexibility index (Phi) is 4.77. The molecule has 1 nitrogen and oxygen atoms in total. The van der Waals surface area contributed by atoms with Crippen LogP contribution in [0.25, 0.3) is 10.4 Å². The molecule has 1 aromatic heterocycles. The topological polar surface area (TPSA) is 12.0 Å². The number of halogens is 1. The highest BCUT2D eigenvalue weighted by Crippen LogP contribution is 2.33. The van der Waals surface area contributed by atoms with Gasteiger partial charge in [0.15, 0.2) is 0 Å². The van der Waals surface area contributed by atoms with Crippen LogP contribution in [0.5, 0.6) is 0 Å². The molecule has 1 aromatic carbocycles. The van der Waals surface area contributed by atoms with Gasteiger partial charge in [-0.2, -0.15) is 0 Å². The van der Waals surface area contributed by atoms with Crippen molar-refractivity contribution < 1.29 is 0 Å². The first-order chi connectivity index (χ1) is 8.31.